The zero-order chi connectivity index (χ0) is 15.8. The van der Waals surface area contributed by atoms with Crippen molar-refractivity contribution in [1.29, 1.82) is 0 Å². The van der Waals surface area contributed by atoms with Gasteiger partial charge in [0.05, 0.1) is 5.75 Å². The Morgan fingerprint density at radius 3 is 2.91 bits per heavy atom. The molecule has 0 spiro atoms. The first-order valence-electron chi connectivity index (χ1n) is 7.61. The fourth-order valence-electron chi connectivity index (χ4n) is 3.05. The van der Waals surface area contributed by atoms with Crippen molar-refractivity contribution in [3.63, 3.8) is 0 Å². The van der Waals surface area contributed by atoms with Gasteiger partial charge in [-0.05, 0) is 37.1 Å². The van der Waals surface area contributed by atoms with Gasteiger partial charge in [0.2, 0.25) is 5.91 Å². The van der Waals surface area contributed by atoms with Crippen molar-refractivity contribution in [3.8, 4) is 0 Å². The Hall–Kier alpha value is -2.27. The first kappa shape index (κ1) is 14.3. The van der Waals surface area contributed by atoms with Crippen LogP contribution in [0.2, 0.25) is 0 Å². The fraction of sp³-hybridized carbons (Fsp3) is 0.222. The standard InChI is InChI=1S/C18H16N2O2S/c1-12-10-13-6-2-4-8-15(13)20(12)17(21)11-23-18-19-14-7-3-5-9-16(14)22-18/h2-9,12H,10-11H2,1H3/t12-/m0/s1. The predicted octanol–water partition coefficient (Wildman–Crippen LogP) is 3.90. The summed E-state index contributed by atoms with van der Waals surface area (Å²) in [6, 6.07) is 15.9. The minimum atomic E-state index is 0.0923. The Labute approximate surface area is 138 Å². The van der Waals surface area contributed by atoms with Crippen LogP contribution in [0.25, 0.3) is 11.1 Å². The number of fused-ring (bicyclic) bond motifs is 2. The molecule has 0 saturated heterocycles. The Morgan fingerprint density at radius 1 is 1.26 bits per heavy atom. The maximum atomic E-state index is 12.6. The SMILES string of the molecule is C[C@H]1Cc2ccccc2N1C(=O)CSc1nc2ccccc2o1. The molecule has 0 bridgehead atoms. The molecule has 5 heteroatoms. The Kier molecular flexibility index (Phi) is 3.58. The van der Waals surface area contributed by atoms with Gasteiger partial charge in [0.25, 0.3) is 5.22 Å². The molecule has 0 fully saturated rings. The largest absolute Gasteiger partial charge is 0.431 e. The number of hydrogen-bond acceptors (Lipinski definition) is 4. The molecule has 3 aromatic rings. The minimum absolute atomic E-state index is 0.0923. The molecule has 4 rings (SSSR count). The highest BCUT2D eigenvalue weighted by Crippen LogP contribution is 2.33. The second-order valence-electron chi connectivity index (χ2n) is 5.68. The summed E-state index contributed by atoms with van der Waals surface area (Å²) < 4.78 is 5.66. The number of carbonyl (C=O) groups is 1. The Balaban J connectivity index is 1.50. The average molecular weight is 324 g/mol. The van der Waals surface area contributed by atoms with Crippen molar-refractivity contribution >= 4 is 34.5 Å². The van der Waals surface area contributed by atoms with E-state index in [1.807, 2.05) is 47.4 Å². The van der Waals surface area contributed by atoms with Gasteiger partial charge in [-0.1, -0.05) is 42.1 Å². The lowest BCUT2D eigenvalue weighted by Gasteiger charge is -2.22. The molecule has 116 valence electrons. The molecule has 0 radical (unpaired) electrons. The molecule has 1 atom stereocenters. The lowest BCUT2D eigenvalue weighted by molar-refractivity contribution is -0.116. The lowest BCUT2D eigenvalue weighted by atomic mass is 10.1. The van der Waals surface area contributed by atoms with Crippen molar-refractivity contribution in [2.45, 2.75) is 24.6 Å². The van der Waals surface area contributed by atoms with E-state index in [0.29, 0.717) is 11.0 Å². The molecule has 0 saturated carbocycles. The van der Waals surface area contributed by atoms with E-state index in [9.17, 15) is 4.79 Å². The third kappa shape index (κ3) is 2.61. The molecule has 2 aromatic carbocycles. The molecule has 1 amide bonds. The van der Waals surface area contributed by atoms with E-state index in [1.54, 1.807) is 0 Å². The molecule has 1 aliphatic heterocycles. The van der Waals surface area contributed by atoms with E-state index < -0.39 is 0 Å². The number of rotatable bonds is 3. The minimum Gasteiger partial charge on any atom is -0.431 e. The highest BCUT2D eigenvalue weighted by atomic mass is 32.2. The van der Waals surface area contributed by atoms with Gasteiger partial charge in [-0.2, -0.15) is 0 Å². The summed E-state index contributed by atoms with van der Waals surface area (Å²) in [6.45, 7) is 2.09. The van der Waals surface area contributed by atoms with Crippen LogP contribution >= 0.6 is 11.8 Å². The summed E-state index contributed by atoms with van der Waals surface area (Å²) in [7, 11) is 0. The van der Waals surface area contributed by atoms with Gasteiger partial charge < -0.3 is 9.32 Å². The van der Waals surface area contributed by atoms with Crippen LogP contribution in [-0.2, 0) is 11.2 Å². The van der Waals surface area contributed by atoms with Crippen LogP contribution in [0.4, 0.5) is 5.69 Å². The van der Waals surface area contributed by atoms with Gasteiger partial charge in [0, 0.05) is 11.7 Å². The van der Waals surface area contributed by atoms with Crippen molar-refractivity contribution in [2.75, 3.05) is 10.7 Å². The average Bonchev–Trinajstić information content (AvgIpc) is 3.12. The highest BCUT2D eigenvalue weighted by Gasteiger charge is 2.30. The van der Waals surface area contributed by atoms with E-state index >= 15 is 0 Å². The van der Waals surface area contributed by atoms with Gasteiger partial charge in [-0.25, -0.2) is 4.98 Å². The van der Waals surface area contributed by atoms with E-state index in [1.165, 1.54) is 17.3 Å². The van der Waals surface area contributed by atoms with Crippen molar-refractivity contribution in [3.05, 3.63) is 54.1 Å². The third-order valence-electron chi connectivity index (χ3n) is 4.07. The van der Waals surface area contributed by atoms with E-state index in [2.05, 4.69) is 18.0 Å². The Morgan fingerprint density at radius 2 is 2.04 bits per heavy atom. The smallest absolute Gasteiger partial charge is 0.257 e. The van der Waals surface area contributed by atoms with Gasteiger partial charge in [-0.3, -0.25) is 4.79 Å². The molecule has 4 nitrogen and oxygen atoms in total. The normalized spacial score (nSPS) is 16.7. The van der Waals surface area contributed by atoms with Crippen LogP contribution < -0.4 is 4.90 Å². The topological polar surface area (TPSA) is 46.3 Å². The van der Waals surface area contributed by atoms with Crippen LogP contribution in [0.15, 0.2) is 58.2 Å². The molecule has 2 heterocycles. The molecule has 23 heavy (non-hydrogen) atoms. The second kappa shape index (κ2) is 5.74. The molecule has 1 aliphatic rings. The summed E-state index contributed by atoms with van der Waals surface area (Å²) >= 11 is 1.35. The van der Waals surface area contributed by atoms with Gasteiger partial charge >= 0.3 is 0 Å². The number of aromatic nitrogens is 1. The maximum Gasteiger partial charge on any atom is 0.257 e. The van der Waals surface area contributed by atoms with Crippen LogP contribution in [0.1, 0.15) is 12.5 Å². The fourth-order valence-corrected chi connectivity index (χ4v) is 3.75. The number of thioether (sulfide) groups is 1. The highest BCUT2D eigenvalue weighted by molar-refractivity contribution is 7.99. The second-order valence-corrected chi connectivity index (χ2v) is 6.61. The summed E-state index contributed by atoms with van der Waals surface area (Å²) in [6.07, 6.45) is 0.912. The molecule has 0 N–H and O–H groups in total. The summed E-state index contributed by atoms with van der Waals surface area (Å²) in [4.78, 5) is 18.9. The predicted molar refractivity (Wildman–Crippen MR) is 91.8 cm³/mol. The number of oxazole rings is 1. The van der Waals surface area contributed by atoms with Gasteiger partial charge in [0.1, 0.15) is 5.52 Å². The van der Waals surface area contributed by atoms with Crippen molar-refractivity contribution in [2.24, 2.45) is 0 Å². The molecular formula is C18H16N2O2S. The monoisotopic (exact) mass is 324 g/mol. The van der Waals surface area contributed by atoms with Crippen LogP contribution in [-0.4, -0.2) is 22.7 Å². The van der Waals surface area contributed by atoms with E-state index in [4.69, 9.17) is 4.42 Å². The third-order valence-corrected chi connectivity index (χ3v) is 4.88. The molecule has 0 unspecified atom stereocenters. The molecular weight excluding hydrogens is 308 g/mol. The molecule has 0 aliphatic carbocycles. The lowest BCUT2D eigenvalue weighted by Crippen LogP contribution is -2.36. The quantitative estimate of drug-likeness (QED) is 0.686. The van der Waals surface area contributed by atoms with Gasteiger partial charge in [0.15, 0.2) is 5.58 Å². The van der Waals surface area contributed by atoms with Crippen LogP contribution in [0.3, 0.4) is 0 Å². The van der Waals surface area contributed by atoms with E-state index in [-0.39, 0.29) is 11.9 Å². The van der Waals surface area contributed by atoms with Gasteiger partial charge in [-0.15, -0.1) is 0 Å². The summed E-state index contributed by atoms with van der Waals surface area (Å²) in [5.74, 6) is 0.417. The summed E-state index contributed by atoms with van der Waals surface area (Å²) in [5.41, 5.74) is 3.84. The molecule has 1 aromatic heterocycles. The zero-order valence-electron chi connectivity index (χ0n) is 12.7. The number of para-hydroxylation sites is 3. The number of hydrogen-bond donors (Lipinski definition) is 0. The van der Waals surface area contributed by atoms with Crippen molar-refractivity contribution < 1.29 is 9.21 Å². The van der Waals surface area contributed by atoms with Crippen molar-refractivity contribution in [1.82, 2.24) is 4.98 Å². The zero-order valence-corrected chi connectivity index (χ0v) is 13.5. The first-order valence-corrected chi connectivity index (χ1v) is 8.59. The summed E-state index contributed by atoms with van der Waals surface area (Å²) in [5, 5.41) is 0.541. The number of benzene rings is 2. The van der Waals surface area contributed by atoms with E-state index in [0.717, 1.165) is 23.2 Å². The Bertz CT molecular complexity index is 841. The number of anilines is 1. The maximum absolute atomic E-state index is 12.6. The number of nitrogens with zero attached hydrogens (tertiary/aromatic N) is 2. The number of carbonyl (C=O) groups excluding carboxylic acids is 1. The number of amides is 1. The van der Waals surface area contributed by atoms with Crippen LogP contribution in [0.5, 0.6) is 0 Å². The van der Waals surface area contributed by atoms with Crippen LogP contribution in [0, 0.1) is 0 Å². The first-order chi connectivity index (χ1) is 11.2.